The van der Waals surface area contributed by atoms with E-state index in [0.29, 0.717) is 17.7 Å². The van der Waals surface area contributed by atoms with E-state index in [2.05, 4.69) is 15.4 Å². The predicted octanol–water partition coefficient (Wildman–Crippen LogP) is 4.44. The Morgan fingerprint density at radius 1 is 0.982 bits per heavy atom. The number of nitrogens with one attached hydrogen (secondary N) is 3. The lowest BCUT2D eigenvalue weighted by Crippen LogP contribution is -2.30. The minimum absolute atomic E-state index is 0.0317. The number of aromatic amines is 1. The maximum absolute atomic E-state index is 16.2. The van der Waals surface area contributed by atoms with E-state index in [1.807, 2.05) is 32.8 Å². The molecule has 56 heavy (non-hydrogen) atoms. The van der Waals surface area contributed by atoms with Crippen molar-refractivity contribution < 1.29 is 60.1 Å². The van der Waals surface area contributed by atoms with Gasteiger partial charge in [-0.2, -0.15) is 31.0 Å². The average molecular weight is 803 g/mol. The molecule has 0 aliphatic rings. The number of anilines is 1. The first-order valence-electron chi connectivity index (χ1n) is 15.9. The van der Waals surface area contributed by atoms with Crippen LogP contribution in [0.1, 0.15) is 52.8 Å². The van der Waals surface area contributed by atoms with Gasteiger partial charge in [-0.05, 0) is 75.5 Å². The molecule has 304 valence electrons. The molecule has 22 heteroatoms. The van der Waals surface area contributed by atoms with Gasteiger partial charge in [-0.15, -0.1) is 5.10 Å². The molecule has 1 heterocycles. The second-order valence-electron chi connectivity index (χ2n) is 11.8. The Morgan fingerprint density at radius 3 is 1.98 bits per heavy atom. The lowest BCUT2D eigenvalue weighted by atomic mass is 10.00. The average Bonchev–Trinajstić information content (AvgIpc) is 3.50. The number of para-hydroxylation sites is 1. The number of halogens is 7. The van der Waals surface area contributed by atoms with Gasteiger partial charge in [-0.3, -0.25) is 15.2 Å². The first kappa shape index (κ1) is 45.7. The summed E-state index contributed by atoms with van der Waals surface area (Å²) in [6, 6.07) is 15.4. The molecule has 9 N–H and O–H groups in total. The van der Waals surface area contributed by atoms with Gasteiger partial charge in [0.1, 0.15) is 18.5 Å². The maximum atomic E-state index is 16.2. The number of aryl methyl sites for hydroxylation is 1. The highest BCUT2D eigenvalue weighted by Gasteiger charge is 2.39. The van der Waals surface area contributed by atoms with Crippen molar-refractivity contribution in [2.45, 2.75) is 44.7 Å². The van der Waals surface area contributed by atoms with Gasteiger partial charge in [-0.1, -0.05) is 25.1 Å². The number of amides is 1. The summed E-state index contributed by atoms with van der Waals surface area (Å²) in [5, 5.41) is 29.7. The standard InChI is InChI=1S/C30H35FN8O3.2C2HF3O2/c1-5-18-14-22(25(31)24(15-18)42-16-17(2)38(3)4)26(35-20-12-10-19(11-13-20)27(32)33)29-36-30(41)39(37-29)23-9-7-6-8-21(23)28(34)40;2*3-2(4,5)1(6)7/h6-15,17,26,35H,5,16H2,1-4H3,(H3,32,33)(H2,34,40)(H,36,37,41);2*(H,6,7). The van der Waals surface area contributed by atoms with E-state index < -0.39 is 47.7 Å². The fourth-order valence-corrected chi connectivity index (χ4v) is 4.26. The molecule has 0 fully saturated rings. The number of amidine groups is 1. The van der Waals surface area contributed by atoms with Crippen molar-refractivity contribution in [1.82, 2.24) is 19.7 Å². The van der Waals surface area contributed by atoms with Crippen molar-refractivity contribution in [3.63, 3.8) is 0 Å². The first-order chi connectivity index (χ1) is 25.9. The quantitative estimate of drug-likeness (QED) is 0.0600. The molecule has 3 aromatic carbocycles. The van der Waals surface area contributed by atoms with E-state index in [9.17, 15) is 35.9 Å². The number of likely N-dealkylation sites (N-methyl/N-ethyl adjacent to an activating group) is 1. The van der Waals surface area contributed by atoms with Gasteiger partial charge < -0.3 is 36.6 Å². The van der Waals surface area contributed by atoms with Gasteiger partial charge >= 0.3 is 30.0 Å². The number of carboxylic acids is 2. The van der Waals surface area contributed by atoms with Crippen molar-refractivity contribution in [2.75, 3.05) is 26.0 Å². The zero-order valence-corrected chi connectivity index (χ0v) is 29.9. The number of hydrogen-bond donors (Lipinski definition) is 7. The minimum Gasteiger partial charge on any atom is -0.489 e. The topological polar surface area (TPSA) is 243 Å². The molecule has 0 radical (unpaired) electrons. The smallest absolute Gasteiger partial charge is 0.489 e. The summed E-state index contributed by atoms with van der Waals surface area (Å²) in [7, 11) is 3.83. The normalized spacial score (nSPS) is 12.3. The summed E-state index contributed by atoms with van der Waals surface area (Å²) in [5.74, 6) is -6.77. The van der Waals surface area contributed by atoms with Crippen LogP contribution >= 0.6 is 0 Å². The van der Waals surface area contributed by atoms with E-state index in [4.69, 9.17) is 41.4 Å². The van der Waals surface area contributed by atoms with Crippen LogP contribution in [0.2, 0.25) is 0 Å². The summed E-state index contributed by atoms with van der Waals surface area (Å²) in [6.07, 6.45) is -9.57. The molecule has 0 spiro atoms. The third-order valence-corrected chi connectivity index (χ3v) is 7.51. The highest BCUT2D eigenvalue weighted by Crippen LogP contribution is 2.33. The van der Waals surface area contributed by atoms with E-state index >= 15 is 4.39 Å². The number of alkyl halides is 6. The largest absolute Gasteiger partial charge is 0.490 e. The summed E-state index contributed by atoms with van der Waals surface area (Å²) in [5.41, 5.74) is 12.9. The molecular weight excluding hydrogens is 765 g/mol. The van der Waals surface area contributed by atoms with E-state index in [-0.39, 0.29) is 46.9 Å². The number of aromatic nitrogens is 3. The zero-order valence-electron chi connectivity index (χ0n) is 29.9. The Hall–Kier alpha value is -6.45. The molecule has 1 amide bonds. The number of nitrogens with two attached hydrogens (primary N) is 2. The third kappa shape index (κ3) is 12.8. The molecule has 0 saturated carbocycles. The Labute approximate surface area is 313 Å². The summed E-state index contributed by atoms with van der Waals surface area (Å²) in [6.45, 7) is 4.18. The van der Waals surface area contributed by atoms with Crippen LogP contribution in [-0.2, 0) is 16.0 Å². The summed E-state index contributed by atoms with van der Waals surface area (Å²) >= 11 is 0. The van der Waals surface area contributed by atoms with Crippen molar-refractivity contribution in [3.05, 3.63) is 105 Å². The highest BCUT2D eigenvalue weighted by molar-refractivity contribution is 5.96. The van der Waals surface area contributed by atoms with Crippen LogP contribution in [0, 0.1) is 11.2 Å². The summed E-state index contributed by atoms with van der Waals surface area (Å²) < 4.78 is 86.7. The number of benzene rings is 3. The maximum Gasteiger partial charge on any atom is 0.490 e. The monoisotopic (exact) mass is 802 g/mol. The van der Waals surface area contributed by atoms with Crippen LogP contribution in [0.25, 0.3) is 5.69 Å². The molecular formula is C34H37F7N8O7. The fourth-order valence-electron chi connectivity index (χ4n) is 4.26. The summed E-state index contributed by atoms with van der Waals surface area (Å²) in [4.78, 5) is 47.7. The molecule has 15 nitrogen and oxygen atoms in total. The van der Waals surface area contributed by atoms with Gasteiger partial charge in [0.15, 0.2) is 17.4 Å². The number of carbonyl (C=O) groups excluding carboxylic acids is 1. The lowest BCUT2D eigenvalue weighted by molar-refractivity contribution is -0.193. The highest BCUT2D eigenvalue weighted by atomic mass is 19.4. The number of H-pyrrole nitrogens is 1. The number of nitrogens with zero attached hydrogens (tertiary/aromatic N) is 3. The second kappa shape index (κ2) is 19.2. The molecule has 0 bridgehead atoms. The minimum atomic E-state index is -5.08. The number of primary amides is 1. The van der Waals surface area contributed by atoms with Crippen LogP contribution < -0.4 is 27.2 Å². The van der Waals surface area contributed by atoms with Gasteiger partial charge in [0, 0.05) is 22.9 Å². The number of hydrogen-bond acceptors (Lipinski definition) is 9. The van der Waals surface area contributed by atoms with Crippen LogP contribution in [0.5, 0.6) is 5.75 Å². The number of rotatable bonds is 12. The number of ether oxygens (including phenoxy) is 1. The number of carbonyl (C=O) groups is 3. The van der Waals surface area contributed by atoms with Crippen LogP contribution in [0.4, 0.5) is 36.4 Å². The van der Waals surface area contributed by atoms with Crippen LogP contribution in [0.3, 0.4) is 0 Å². The first-order valence-corrected chi connectivity index (χ1v) is 15.9. The Bertz CT molecular complexity index is 2040. The SMILES string of the molecule is CCc1cc(OCC(C)N(C)C)c(F)c(C(Nc2ccc(C(=N)N)cc2)c2nn(-c3ccccc3C(N)=O)c(=O)[nH]2)c1.O=C(O)C(F)(F)F.O=C(O)C(F)(F)F. The van der Waals surface area contributed by atoms with Crippen molar-refractivity contribution >= 4 is 29.4 Å². The molecule has 0 saturated heterocycles. The fraction of sp³-hybridized carbons (Fsp3) is 0.294. The Kier molecular flexibility index (Phi) is 15.7. The molecule has 4 aromatic rings. The molecule has 0 aliphatic heterocycles. The predicted molar refractivity (Wildman–Crippen MR) is 187 cm³/mol. The Balaban J connectivity index is 0.000000657. The van der Waals surface area contributed by atoms with Crippen molar-refractivity contribution in [3.8, 4) is 11.4 Å². The van der Waals surface area contributed by atoms with Crippen molar-refractivity contribution in [1.29, 1.82) is 5.41 Å². The number of aliphatic carboxylic acids is 2. The van der Waals surface area contributed by atoms with E-state index in [1.165, 1.54) is 6.07 Å². The molecule has 4 rings (SSSR count). The molecule has 2 atom stereocenters. The van der Waals surface area contributed by atoms with Gasteiger partial charge in [0.25, 0.3) is 5.91 Å². The van der Waals surface area contributed by atoms with Crippen LogP contribution in [0.15, 0.2) is 65.5 Å². The van der Waals surface area contributed by atoms with Gasteiger partial charge in [0.2, 0.25) is 0 Å². The molecule has 0 aliphatic carbocycles. The lowest BCUT2D eigenvalue weighted by Gasteiger charge is -2.23. The number of nitrogen functional groups attached to an aromatic ring is 1. The zero-order chi connectivity index (χ0) is 42.7. The van der Waals surface area contributed by atoms with Gasteiger partial charge in [-0.25, -0.2) is 18.8 Å². The van der Waals surface area contributed by atoms with Crippen molar-refractivity contribution in [2.24, 2.45) is 11.5 Å². The second-order valence-corrected chi connectivity index (χ2v) is 11.8. The van der Waals surface area contributed by atoms with Gasteiger partial charge in [0.05, 0.1) is 11.3 Å². The third-order valence-electron chi connectivity index (χ3n) is 7.51. The van der Waals surface area contributed by atoms with Crippen LogP contribution in [-0.4, -0.2) is 92.7 Å². The van der Waals surface area contributed by atoms with E-state index in [0.717, 1.165) is 10.2 Å². The Morgan fingerprint density at radius 2 is 1.52 bits per heavy atom. The molecule has 2 unspecified atom stereocenters. The molecule has 1 aromatic heterocycles. The number of carboxylic acid groups (broad SMARTS) is 2. The van der Waals surface area contributed by atoms with E-state index in [1.54, 1.807) is 54.6 Å².